The Balaban J connectivity index is 2.68. The van der Waals surface area contributed by atoms with E-state index in [0.717, 1.165) is 0 Å². The number of ether oxygens (including phenoxy) is 1. The molecule has 0 saturated carbocycles. The van der Waals surface area contributed by atoms with E-state index in [9.17, 15) is 5.11 Å². The van der Waals surface area contributed by atoms with Gasteiger partial charge in [-0.25, -0.2) is 0 Å². The van der Waals surface area contributed by atoms with Gasteiger partial charge < -0.3 is 9.84 Å². The Labute approximate surface area is 129 Å². The summed E-state index contributed by atoms with van der Waals surface area (Å²) in [6.45, 7) is 10.9. The summed E-state index contributed by atoms with van der Waals surface area (Å²) in [5, 5.41) is 10.4. The summed E-state index contributed by atoms with van der Waals surface area (Å²) in [4.78, 5) is 0. The lowest BCUT2D eigenvalue weighted by atomic mass is 9.84. The molecule has 1 rings (SSSR count). The topological polar surface area (TPSA) is 29.5 Å². The molecule has 0 aliphatic carbocycles. The first-order valence-electron chi connectivity index (χ1n) is 7.81. The molecule has 21 heavy (non-hydrogen) atoms. The van der Waals surface area contributed by atoms with Crippen LogP contribution >= 0.6 is 0 Å². The van der Waals surface area contributed by atoms with Gasteiger partial charge in [-0.3, -0.25) is 0 Å². The minimum absolute atomic E-state index is 0.0237. The molecular weight excluding hydrogens is 260 g/mol. The van der Waals surface area contributed by atoms with Crippen molar-refractivity contribution in [3.05, 3.63) is 48.0 Å². The van der Waals surface area contributed by atoms with E-state index in [0.29, 0.717) is 13.0 Å². The van der Waals surface area contributed by atoms with Crippen LogP contribution in [0, 0.1) is 11.3 Å². The van der Waals surface area contributed by atoms with Crippen molar-refractivity contribution in [3.8, 4) is 0 Å². The Hall–Kier alpha value is -1.12. The van der Waals surface area contributed by atoms with Crippen LogP contribution < -0.4 is 0 Å². The predicted molar refractivity (Wildman–Crippen MR) is 89.1 cm³/mol. The molecule has 1 N–H and O–H groups in total. The van der Waals surface area contributed by atoms with Gasteiger partial charge in [0.1, 0.15) is 0 Å². The number of benzene rings is 1. The van der Waals surface area contributed by atoms with Gasteiger partial charge in [-0.15, -0.1) is 0 Å². The van der Waals surface area contributed by atoms with E-state index >= 15 is 0 Å². The van der Waals surface area contributed by atoms with Gasteiger partial charge in [-0.1, -0.05) is 70.2 Å². The van der Waals surface area contributed by atoms with Gasteiger partial charge in [0, 0.05) is 12.3 Å². The lowest BCUT2D eigenvalue weighted by Crippen LogP contribution is -2.33. The molecule has 0 radical (unpaired) electrons. The van der Waals surface area contributed by atoms with Crippen LogP contribution in [0.2, 0.25) is 0 Å². The fourth-order valence-corrected chi connectivity index (χ4v) is 2.21. The van der Waals surface area contributed by atoms with Gasteiger partial charge in [-0.2, -0.15) is 0 Å². The average molecular weight is 290 g/mol. The lowest BCUT2D eigenvalue weighted by molar-refractivity contribution is -0.0412. The number of hydrogen-bond acceptors (Lipinski definition) is 2. The minimum Gasteiger partial charge on any atom is -0.392 e. The van der Waals surface area contributed by atoms with Crippen LogP contribution in [-0.4, -0.2) is 17.3 Å². The van der Waals surface area contributed by atoms with Crippen molar-refractivity contribution in [2.45, 2.75) is 59.9 Å². The molecular formula is C19H30O2. The van der Waals surface area contributed by atoms with Crippen LogP contribution in [0.15, 0.2) is 42.5 Å². The third-order valence-corrected chi connectivity index (χ3v) is 3.84. The summed E-state index contributed by atoms with van der Waals surface area (Å²) in [6, 6.07) is 10.2. The van der Waals surface area contributed by atoms with E-state index in [-0.39, 0.29) is 23.5 Å². The van der Waals surface area contributed by atoms with Crippen molar-refractivity contribution in [3.63, 3.8) is 0 Å². The Morgan fingerprint density at radius 2 is 1.81 bits per heavy atom. The maximum absolute atomic E-state index is 10.4. The van der Waals surface area contributed by atoms with Crippen molar-refractivity contribution in [2.24, 2.45) is 11.3 Å². The highest BCUT2D eigenvalue weighted by atomic mass is 16.5. The SMILES string of the molecule is C/C=C/[C@H](C)[C@@H](C[C@@H](O)C(C)(C)C)OCc1ccccc1. The quantitative estimate of drug-likeness (QED) is 0.745. The first-order chi connectivity index (χ1) is 9.84. The highest BCUT2D eigenvalue weighted by molar-refractivity contribution is 5.13. The second kappa shape index (κ2) is 8.35. The van der Waals surface area contributed by atoms with E-state index < -0.39 is 0 Å². The van der Waals surface area contributed by atoms with Gasteiger partial charge in [-0.05, 0) is 17.9 Å². The molecule has 0 fully saturated rings. The van der Waals surface area contributed by atoms with Crippen molar-refractivity contribution < 1.29 is 9.84 Å². The van der Waals surface area contributed by atoms with Gasteiger partial charge >= 0.3 is 0 Å². The van der Waals surface area contributed by atoms with Crippen LogP contribution in [-0.2, 0) is 11.3 Å². The molecule has 0 amide bonds. The smallest absolute Gasteiger partial charge is 0.0720 e. The largest absolute Gasteiger partial charge is 0.392 e. The zero-order valence-electron chi connectivity index (χ0n) is 14.0. The van der Waals surface area contributed by atoms with E-state index in [2.05, 4.69) is 45.9 Å². The molecule has 2 heteroatoms. The van der Waals surface area contributed by atoms with E-state index in [1.807, 2.05) is 31.2 Å². The van der Waals surface area contributed by atoms with Crippen LogP contribution in [0.4, 0.5) is 0 Å². The van der Waals surface area contributed by atoms with Gasteiger partial charge in [0.15, 0.2) is 0 Å². The Kier molecular flexibility index (Phi) is 7.13. The third-order valence-electron chi connectivity index (χ3n) is 3.84. The van der Waals surface area contributed by atoms with Gasteiger partial charge in [0.05, 0.1) is 18.8 Å². The fraction of sp³-hybridized carbons (Fsp3) is 0.579. The Bertz CT molecular complexity index is 417. The van der Waals surface area contributed by atoms with Crippen molar-refractivity contribution in [1.82, 2.24) is 0 Å². The minimum atomic E-state index is -0.369. The summed E-state index contributed by atoms with van der Waals surface area (Å²) < 4.78 is 6.10. The molecule has 0 aromatic heterocycles. The Morgan fingerprint density at radius 3 is 2.33 bits per heavy atom. The Morgan fingerprint density at radius 1 is 1.19 bits per heavy atom. The molecule has 2 nitrogen and oxygen atoms in total. The maximum atomic E-state index is 10.4. The highest BCUT2D eigenvalue weighted by Crippen LogP contribution is 2.27. The number of aliphatic hydroxyl groups is 1. The molecule has 3 atom stereocenters. The standard InChI is InChI=1S/C19H30O2/c1-6-10-15(2)17(13-18(20)19(3,4)5)21-14-16-11-8-7-9-12-16/h6-12,15,17-18,20H,13-14H2,1-5H3/b10-6+/t15-,17+,18+/m0/s1. The number of aliphatic hydroxyl groups excluding tert-OH is 1. The van der Waals surface area contributed by atoms with Crippen molar-refractivity contribution in [1.29, 1.82) is 0 Å². The molecule has 1 aromatic carbocycles. The molecule has 1 aromatic rings. The van der Waals surface area contributed by atoms with Crippen LogP contribution in [0.3, 0.4) is 0 Å². The van der Waals surface area contributed by atoms with Crippen molar-refractivity contribution in [2.75, 3.05) is 0 Å². The normalized spacial score (nSPS) is 16.9. The number of allylic oxidation sites excluding steroid dienone is 1. The molecule has 118 valence electrons. The summed E-state index contributed by atoms with van der Waals surface area (Å²) in [5.74, 6) is 0.288. The third kappa shape index (κ3) is 6.45. The molecule has 0 aliphatic rings. The fourth-order valence-electron chi connectivity index (χ4n) is 2.21. The second-order valence-electron chi connectivity index (χ2n) is 6.84. The lowest BCUT2D eigenvalue weighted by Gasteiger charge is -2.31. The zero-order chi connectivity index (χ0) is 15.9. The van der Waals surface area contributed by atoms with Crippen LogP contribution in [0.1, 0.15) is 46.6 Å². The number of hydrogen-bond donors (Lipinski definition) is 1. The first-order valence-corrected chi connectivity index (χ1v) is 7.81. The molecule has 0 saturated heterocycles. The van der Waals surface area contributed by atoms with Gasteiger partial charge in [0.2, 0.25) is 0 Å². The summed E-state index contributed by atoms with van der Waals surface area (Å²) in [5.41, 5.74) is 1.05. The summed E-state index contributed by atoms with van der Waals surface area (Å²) >= 11 is 0. The summed E-state index contributed by atoms with van der Waals surface area (Å²) in [6.07, 6.45) is 4.50. The van der Waals surface area contributed by atoms with Crippen molar-refractivity contribution >= 4 is 0 Å². The van der Waals surface area contributed by atoms with Crippen LogP contribution in [0.25, 0.3) is 0 Å². The van der Waals surface area contributed by atoms with E-state index in [1.54, 1.807) is 0 Å². The molecule has 0 aliphatic heterocycles. The van der Waals surface area contributed by atoms with Crippen LogP contribution in [0.5, 0.6) is 0 Å². The van der Waals surface area contributed by atoms with Gasteiger partial charge in [0.25, 0.3) is 0 Å². The number of rotatable bonds is 7. The predicted octanol–water partition coefficient (Wildman–Crippen LogP) is 4.58. The van der Waals surface area contributed by atoms with E-state index in [1.165, 1.54) is 5.56 Å². The zero-order valence-corrected chi connectivity index (χ0v) is 14.0. The molecule has 0 unspecified atom stereocenters. The second-order valence-corrected chi connectivity index (χ2v) is 6.84. The maximum Gasteiger partial charge on any atom is 0.0720 e. The monoisotopic (exact) mass is 290 g/mol. The summed E-state index contributed by atoms with van der Waals surface area (Å²) in [7, 11) is 0. The average Bonchev–Trinajstić information content (AvgIpc) is 2.43. The molecule has 0 bridgehead atoms. The molecule has 0 heterocycles. The molecule has 0 spiro atoms. The highest BCUT2D eigenvalue weighted by Gasteiger charge is 2.28. The first kappa shape index (κ1) is 17.9. The van der Waals surface area contributed by atoms with E-state index in [4.69, 9.17) is 4.74 Å².